The van der Waals surface area contributed by atoms with E-state index in [0.29, 0.717) is 18.5 Å². The molecule has 6 heteroatoms. The molecule has 25 heavy (non-hydrogen) atoms. The van der Waals surface area contributed by atoms with Gasteiger partial charge in [0.25, 0.3) is 5.91 Å². The maximum Gasteiger partial charge on any atom is 0.251 e. The number of carbonyl (C=O) groups is 1. The Hall–Kier alpha value is -2.18. The van der Waals surface area contributed by atoms with Gasteiger partial charge < -0.3 is 5.32 Å². The number of rotatable bonds is 6. The molecular formula is C19H24N2O3S. The maximum atomic E-state index is 12.3. The van der Waals surface area contributed by atoms with Crippen LogP contribution in [0.15, 0.2) is 59.5 Å². The van der Waals surface area contributed by atoms with Crippen LogP contribution in [0.2, 0.25) is 0 Å². The van der Waals surface area contributed by atoms with Crippen LogP contribution < -0.4 is 10.0 Å². The van der Waals surface area contributed by atoms with E-state index >= 15 is 0 Å². The monoisotopic (exact) mass is 360 g/mol. The molecule has 2 N–H and O–H groups in total. The number of hydrogen-bond donors (Lipinski definition) is 2. The van der Waals surface area contributed by atoms with Crippen molar-refractivity contribution >= 4 is 15.9 Å². The van der Waals surface area contributed by atoms with E-state index in [1.54, 1.807) is 0 Å². The lowest BCUT2D eigenvalue weighted by molar-refractivity contribution is 0.0919. The number of sulfonamides is 1. The van der Waals surface area contributed by atoms with Gasteiger partial charge in [0.05, 0.1) is 4.90 Å². The van der Waals surface area contributed by atoms with Crippen molar-refractivity contribution in [3.63, 3.8) is 0 Å². The third-order valence-corrected chi connectivity index (χ3v) is 4.94. The Morgan fingerprint density at radius 3 is 2.12 bits per heavy atom. The van der Waals surface area contributed by atoms with Gasteiger partial charge in [-0.1, -0.05) is 30.3 Å². The normalized spacial score (nSPS) is 12.0. The van der Waals surface area contributed by atoms with Crippen LogP contribution in [-0.4, -0.2) is 26.4 Å². The van der Waals surface area contributed by atoms with E-state index in [2.05, 4.69) is 10.0 Å². The highest BCUT2D eigenvalue weighted by Crippen LogP contribution is 2.12. The number of benzene rings is 2. The highest BCUT2D eigenvalue weighted by molar-refractivity contribution is 7.89. The molecule has 5 nitrogen and oxygen atoms in total. The second-order valence-electron chi connectivity index (χ2n) is 6.86. The van der Waals surface area contributed by atoms with Gasteiger partial charge in [-0.2, -0.15) is 0 Å². The van der Waals surface area contributed by atoms with Crippen molar-refractivity contribution in [3.8, 4) is 0 Å². The summed E-state index contributed by atoms with van der Waals surface area (Å²) in [4.78, 5) is 12.2. The molecule has 0 aliphatic rings. The molecule has 0 atom stereocenters. The average Bonchev–Trinajstić information content (AvgIpc) is 2.54. The summed E-state index contributed by atoms with van der Waals surface area (Å²) in [5.74, 6) is -0.228. The molecule has 0 spiro atoms. The van der Waals surface area contributed by atoms with Crippen LogP contribution in [0.3, 0.4) is 0 Å². The molecule has 0 heterocycles. The largest absolute Gasteiger partial charge is 0.347 e. The summed E-state index contributed by atoms with van der Waals surface area (Å²) in [7, 11) is -3.59. The van der Waals surface area contributed by atoms with Crippen molar-refractivity contribution in [1.29, 1.82) is 0 Å². The van der Waals surface area contributed by atoms with Gasteiger partial charge in [0.2, 0.25) is 10.0 Å². The van der Waals surface area contributed by atoms with E-state index in [1.165, 1.54) is 24.3 Å². The van der Waals surface area contributed by atoms with Gasteiger partial charge in [0.15, 0.2) is 0 Å². The first kappa shape index (κ1) is 19.1. The van der Waals surface area contributed by atoms with Crippen LogP contribution in [0.1, 0.15) is 36.7 Å². The van der Waals surface area contributed by atoms with E-state index in [4.69, 9.17) is 0 Å². The van der Waals surface area contributed by atoms with E-state index < -0.39 is 10.0 Å². The van der Waals surface area contributed by atoms with Crippen LogP contribution in [0.25, 0.3) is 0 Å². The van der Waals surface area contributed by atoms with E-state index in [0.717, 1.165) is 5.56 Å². The Kier molecular flexibility index (Phi) is 5.98. The molecule has 0 fully saturated rings. The fourth-order valence-electron chi connectivity index (χ4n) is 2.26. The van der Waals surface area contributed by atoms with Gasteiger partial charge in [-0.3, -0.25) is 4.79 Å². The molecule has 2 rings (SSSR count). The third kappa shape index (κ3) is 5.99. The third-order valence-electron chi connectivity index (χ3n) is 3.46. The fraction of sp³-hybridized carbons (Fsp3) is 0.316. The van der Waals surface area contributed by atoms with Gasteiger partial charge >= 0.3 is 0 Å². The molecule has 2 aromatic carbocycles. The molecular weight excluding hydrogens is 336 g/mol. The first-order valence-electron chi connectivity index (χ1n) is 8.13. The Bertz CT molecular complexity index is 808. The highest BCUT2D eigenvalue weighted by atomic mass is 32.2. The van der Waals surface area contributed by atoms with E-state index in [9.17, 15) is 13.2 Å². The molecule has 0 aliphatic heterocycles. The summed E-state index contributed by atoms with van der Waals surface area (Å²) in [5.41, 5.74) is 1.15. The van der Waals surface area contributed by atoms with Gasteiger partial charge in [-0.05, 0) is 57.0 Å². The van der Waals surface area contributed by atoms with Crippen LogP contribution in [-0.2, 0) is 16.4 Å². The van der Waals surface area contributed by atoms with Crippen molar-refractivity contribution in [1.82, 2.24) is 10.0 Å². The molecule has 0 saturated heterocycles. The smallest absolute Gasteiger partial charge is 0.251 e. The summed E-state index contributed by atoms with van der Waals surface area (Å²) in [6.07, 6.45) is 0.617. The van der Waals surface area contributed by atoms with Gasteiger partial charge in [-0.25, -0.2) is 13.1 Å². The zero-order chi connectivity index (χ0) is 18.5. The molecule has 0 unspecified atom stereocenters. The summed E-state index contributed by atoms with van der Waals surface area (Å²) < 4.78 is 27.2. The van der Waals surface area contributed by atoms with Crippen LogP contribution in [0.5, 0.6) is 0 Å². The Balaban J connectivity index is 1.99. The number of carbonyl (C=O) groups excluding carboxylic acids is 1. The van der Waals surface area contributed by atoms with Crippen molar-refractivity contribution < 1.29 is 13.2 Å². The fourth-order valence-corrected chi connectivity index (χ4v) is 3.29. The number of amides is 1. The van der Waals surface area contributed by atoms with Crippen molar-refractivity contribution in [3.05, 3.63) is 65.7 Å². The molecule has 0 radical (unpaired) electrons. The minimum absolute atomic E-state index is 0.146. The Morgan fingerprint density at radius 2 is 1.56 bits per heavy atom. The standard InChI is InChI=1S/C19H24N2O3S/c1-19(2,3)21-18(22)16-9-11-17(12-10-16)25(23,24)20-14-13-15-7-5-4-6-8-15/h4-12,20H,13-14H2,1-3H3,(H,21,22). The molecule has 0 bridgehead atoms. The minimum atomic E-state index is -3.59. The average molecular weight is 360 g/mol. The second kappa shape index (κ2) is 7.80. The van der Waals surface area contributed by atoms with Gasteiger partial charge in [0.1, 0.15) is 0 Å². The molecule has 0 saturated carbocycles. The zero-order valence-corrected chi connectivity index (χ0v) is 15.6. The second-order valence-corrected chi connectivity index (χ2v) is 8.63. The Morgan fingerprint density at radius 1 is 0.960 bits per heavy atom. The van der Waals surface area contributed by atoms with Crippen molar-refractivity contribution in [2.45, 2.75) is 37.6 Å². The SMILES string of the molecule is CC(C)(C)NC(=O)c1ccc(S(=O)(=O)NCCc2ccccc2)cc1. The lowest BCUT2D eigenvalue weighted by atomic mass is 10.1. The summed E-state index contributed by atoms with van der Waals surface area (Å²) in [6.45, 7) is 5.99. The first-order chi connectivity index (χ1) is 11.7. The van der Waals surface area contributed by atoms with Gasteiger partial charge in [-0.15, -0.1) is 0 Å². The van der Waals surface area contributed by atoms with E-state index in [1.807, 2.05) is 51.1 Å². The highest BCUT2D eigenvalue weighted by Gasteiger charge is 2.17. The summed E-state index contributed by atoms with van der Waals surface area (Å²) in [5, 5.41) is 2.84. The number of hydrogen-bond acceptors (Lipinski definition) is 3. The molecule has 0 aliphatic carbocycles. The van der Waals surface area contributed by atoms with Crippen LogP contribution in [0.4, 0.5) is 0 Å². The molecule has 1 amide bonds. The molecule has 0 aromatic heterocycles. The van der Waals surface area contributed by atoms with Crippen LogP contribution in [0, 0.1) is 0 Å². The topological polar surface area (TPSA) is 75.3 Å². The maximum absolute atomic E-state index is 12.3. The zero-order valence-electron chi connectivity index (χ0n) is 14.7. The van der Waals surface area contributed by atoms with Crippen molar-refractivity contribution in [2.24, 2.45) is 0 Å². The molecule has 2 aromatic rings. The lowest BCUT2D eigenvalue weighted by Gasteiger charge is -2.20. The van der Waals surface area contributed by atoms with Gasteiger partial charge in [0, 0.05) is 17.6 Å². The number of nitrogens with one attached hydrogen (secondary N) is 2. The summed E-state index contributed by atoms with van der Waals surface area (Å²) in [6, 6.07) is 15.6. The summed E-state index contributed by atoms with van der Waals surface area (Å²) >= 11 is 0. The first-order valence-corrected chi connectivity index (χ1v) is 9.62. The van der Waals surface area contributed by atoms with E-state index in [-0.39, 0.29) is 16.3 Å². The lowest BCUT2D eigenvalue weighted by Crippen LogP contribution is -2.40. The predicted octanol–water partition coefficient (Wildman–Crippen LogP) is 2.74. The molecule has 134 valence electrons. The van der Waals surface area contributed by atoms with Crippen LogP contribution >= 0.6 is 0 Å². The predicted molar refractivity (Wildman–Crippen MR) is 99.0 cm³/mol. The minimum Gasteiger partial charge on any atom is -0.347 e. The van der Waals surface area contributed by atoms with Crippen molar-refractivity contribution in [2.75, 3.05) is 6.54 Å². The quantitative estimate of drug-likeness (QED) is 0.832. The Labute approximate surface area is 149 Å².